The Morgan fingerprint density at radius 2 is 1.42 bits per heavy atom. The molecule has 2 aromatic carbocycles. The fourth-order valence-electron chi connectivity index (χ4n) is 3.34. The third-order valence-corrected chi connectivity index (χ3v) is 7.34. The predicted octanol–water partition coefficient (Wildman–Crippen LogP) is 3.90. The number of thioether (sulfide) groups is 2. The summed E-state index contributed by atoms with van der Waals surface area (Å²) >= 11 is 3.28. The van der Waals surface area contributed by atoms with Gasteiger partial charge < -0.3 is 4.90 Å². The van der Waals surface area contributed by atoms with Gasteiger partial charge in [0.1, 0.15) is 11.6 Å². The Balaban J connectivity index is 1.68. The molecule has 0 saturated carbocycles. The lowest BCUT2D eigenvalue weighted by atomic mass is 10.0. The second-order valence-electron chi connectivity index (χ2n) is 6.35. The van der Waals surface area contributed by atoms with Gasteiger partial charge in [-0.2, -0.15) is 0 Å². The summed E-state index contributed by atoms with van der Waals surface area (Å²) in [7, 11) is 0. The topological polar surface area (TPSA) is 37.4 Å². The summed E-state index contributed by atoms with van der Waals surface area (Å²) in [5.74, 6) is 1.79. The van der Waals surface area contributed by atoms with Gasteiger partial charge in [-0.3, -0.25) is 9.59 Å². The molecular weight excluding hydrogens is 362 g/mol. The summed E-state index contributed by atoms with van der Waals surface area (Å²) in [5.41, 5.74) is 2.54. The van der Waals surface area contributed by atoms with Gasteiger partial charge in [0, 0.05) is 24.5 Å². The first-order valence-corrected chi connectivity index (χ1v) is 10.6. The monoisotopic (exact) mass is 381 g/mol. The molecule has 132 valence electrons. The van der Waals surface area contributed by atoms with E-state index < -0.39 is 6.04 Å². The molecule has 1 unspecified atom stereocenters. The molecule has 0 radical (unpaired) electrons. The van der Waals surface area contributed by atoms with Crippen LogP contribution in [0.2, 0.25) is 0 Å². The Morgan fingerprint density at radius 3 is 2.04 bits per heavy atom. The van der Waals surface area contributed by atoms with E-state index in [1.54, 1.807) is 28.4 Å². The maximum Gasteiger partial charge on any atom is 0.260 e. The summed E-state index contributed by atoms with van der Waals surface area (Å²) < 4.78 is 0.911. The molecule has 2 aromatic rings. The average Bonchev–Trinajstić information content (AvgIpc) is 3.26. The van der Waals surface area contributed by atoms with Crippen LogP contribution in [0.15, 0.2) is 70.5 Å². The molecular formula is C21H19NO2S2. The lowest BCUT2D eigenvalue weighted by Gasteiger charge is -2.23. The Labute approximate surface area is 161 Å². The summed E-state index contributed by atoms with van der Waals surface area (Å²) in [5, 5.41) is 0. The zero-order chi connectivity index (χ0) is 17.9. The van der Waals surface area contributed by atoms with Crippen molar-refractivity contribution in [3.05, 3.63) is 81.6 Å². The first-order valence-electron chi connectivity index (χ1n) is 8.67. The minimum Gasteiger partial charge on any atom is -0.323 e. The molecule has 2 fully saturated rings. The number of carbonyl (C=O) groups excluding carboxylic acids is 2. The third kappa shape index (κ3) is 3.46. The minimum atomic E-state index is -0.422. The molecule has 2 aliphatic heterocycles. The van der Waals surface area contributed by atoms with Crippen molar-refractivity contribution in [2.75, 3.05) is 11.5 Å². The Bertz CT molecular complexity index is 779. The van der Waals surface area contributed by atoms with Crippen LogP contribution in [-0.4, -0.2) is 34.1 Å². The zero-order valence-electron chi connectivity index (χ0n) is 14.3. The highest BCUT2D eigenvalue weighted by molar-refractivity contribution is 8.25. The molecule has 0 bridgehead atoms. The van der Waals surface area contributed by atoms with Crippen LogP contribution >= 0.6 is 23.5 Å². The van der Waals surface area contributed by atoms with Gasteiger partial charge in [0.15, 0.2) is 5.78 Å². The van der Waals surface area contributed by atoms with E-state index in [0.717, 1.165) is 26.9 Å². The molecule has 2 saturated heterocycles. The fraction of sp³-hybridized carbons (Fsp3) is 0.238. The summed E-state index contributed by atoms with van der Waals surface area (Å²) in [6, 6.07) is 19.4. The number of nitrogens with zero attached hydrogens (tertiary/aromatic N) is 1. The van der Waals surface area contributed by atoms with Crippen molar-refractivity contribution in [3.8, 4) is 0 Å². The van der Waals surface area contributed by atoms with Gasteiger partial charge in [-0.05, 0) is 11.1 Å². The van der Waals surface area contributed by atoms with Crippen molar-refractivity contribution in [2.24, 2.45) is 0 Å². The normalized spacial score (nSPS) is 20.3. The van der Waals surface area contributed by atoms with E-state index in [0.29, 0.717) is 18.5 Å². The number of Topliss-reactive ketones (excluding diaryl/α,β-unsaturated/α-hetero) is 1. The van der Waals surface area contributed by atoms with Gasteiger partial charge in [0.25, 0.3) is 5.91 Å². The smallest absolute Gasteiger partial charge is 0.260 e. The van der Waals surface area contributed by atoms with Gasteiger partial charge >= 0.3 is 0 Å². The summed E-state index contributed by atoms with van der Waals surface area (Å²) in [6.07, 6.45) is 0.560. The molecule has 3 nitrogen and oxygen atoms in total. The van der Waals surface area contributed by atoms with E-state index in [4.69, 9.17) is 0 Å². The van der Waals surface area contributed by atoms with Gasteiger partial charge in [-0.1, -0.05) is 60.7 Å². The maximum atomic E-state index is 13.2. The number of ketones is 1. The second kappa shape index (κ2) is 7.72. The zero-order valence-corrected chi connectivity index (χ0v) is 15.9. The van der Waals surface area contributed by atoms with E-state index >= 15 is 0 Å². The molecule has 0 spiro atoms. The van der Waals surface area contributed by atoms with Crippen molar-refractivity contribution in [1.82, 2.24) is 4.90 Å². The van der Waals surface area contributed by atoms with E-state index in [9.17, 15) is 9.59 Å². The van der Waals surface area contributed by atoms with Crippen LogP contribution in [0.4, 0.5) is 0 Å². The maximum absolute atomic E-state index is 13.2. The number of hydrogen-bond donors (Lipinski definition) is 0. The van der Waals surface area contributed by atoms with Crippen molar-refractivity contribution in [3.63, 3.8) is 0 Å². The van der Waals surface area contributed by atoms with Crippen LogP contribution in [-0.2, 0) is 22.6 Å². The predicted molar refractivity (Wildman–Crippen MR) is 108 cm³/mol. The van der Waals surface area contributed by atoms with Crippen LogP contribution in [0, 0.1) is 0 Å². The quantitative estimate of drug-likeness (QED) is 0.595. The first kappa shape index (κ1) is 17.4. The SMILES string of the molecule is O=C1C(=C2SCCS2)C(=O)N(Cc2ccccc2)C1Cc1ccccc1. The molecule has 4 rings (SSSR count). The number of likely N-dealkylation sites (tertiary alicyclic amines) is 1. The van der Waals surface area contributed by atoms with Crippen LogP contribution in [0.3, 0.4) is 0 Å². The Kier molecular flexibility index (Phi) is 5.18. The van der Waals surface area contributed by atoms with E-state index in [1.807, 2.05) is 60.7 Å². The van der Waals surface area contributed by atoms with Gasteiger partial charge in [0.05, 0.1) is 4.24 Å². The second-order valence-corrected chi connectivity index (χ2v) is 8.82. The third-order valence-electron chi connectivity index (χ3n) is 4.62. The number of hydrogen-bond acceptors (Lipinski definition) is 4. The van der Waals surface area contributed by atoms with Crippen molar-refractivity contribution in [2.45, 2.75) is 19.0 Å². The van der Waals surface area contributed by atoms with Crippen LogP contribution in [0.25, 0.3) is 0 Å². The van der Waals surface area contributed by atoms with Crippen molar-refractivity contribution < 1.29 is 9.59 Å². The molecule has 0 N–H and O–H groups in total. The van der Waals surface area contributed by atoms with Crippen LogP contribution < -0.4 is 0 Å². The first-order chi connectivity index (χ1) is 12.7. The van der Waals surface area contributed by atoms with Gasteiger partial charge in [-0.15, -0.1) is 23.5 Å². The van der Waals surface area contributed by atoms with E-state index in [-0.39, 0.29) is 11.7 Å². The molecule has 26 heavy (non-hydrogen) atoms. The highest BCUT2D eigenvalue weighted by Gasteiger charge is 2.45. The number of rotatable bonds is 4. The number of carbonyl (C=O) groups is 2. The number of benzene rings is 2. The molecule has 0 aliphatic carbocycles. The molecule has 2 heterocycles. The van der Waals surface area contributed by atoms with E-state index in [2.05, 4.69) is 0 Å². The van der Waals surface area contributed by atoms with Gasteiger partial charge in [0.2, 0.25) is 0 Å². The molecule has 5 heteroatoms. The minimum absolute atomic E-state index is 0.0216. The number of amides is 1. The van der Waals surface area contributed by atoms with Crippen LogP contribution in [0.5, 0.6) is 0 Å². The van der Waals surface area contributed by atoms with Crippen molar-refractivity contribution >= 4 is 35.2 Å². The molecule has 0 aromatic heterocycles. The standard InChI is InChI=1S/C21H19NO2S2/c23-19-17(13-15-7-3-1-4-8-15)22(14-16-9-5-2-6-10-16)20(24)18(19)21-25-11-12-26-21/h1-10,17H,11-14H2. The highest BCUT2D eigenvalue weighted by atomic mass is 32.2. The van der Waals surface area contributed by atoms with E-state index in [1.165, 1.54) is 0 Å². The largest absolute Gasteiger partial charge is 0.323 e. The Hall–Kier alpha value is -1.98. The van der Waals surface area contributed by atoms with Gasteiger partial charge in [-0.25, -0.2) is 0 Å². The van der Waals surface area contributed by atoms with Crippen LogP contribution in [0.1, 0.15) is 11.1 Å². The Morgan fingerprint density at radius 1 is 0.846 bits per heavy atom. The lowest BCUT2D eigenvalue weighted by Crippen LogP contribution is -2.36. The summed E-state index contributed by atoms with van der Waals surface area (Å²) in [6.45, 7) is 0.467. The highest BCUT2D eigenvalue weighted by Crippen LogP contribution is 2.42. The average molecular weight is 382 g/mol. The van der Waals surface area contributed by atoms with Crippen molar-refractivity contribution in [1.29, 1.82) is 0 Å². The molecule has 1 amide bonds. The fourth-order valence-corrected chi connectivity index (χ4v) is 5.88. The molecule has 2 aliphatic rings. The molecule has 1 atom stereocenters. The summed E-state index contributed by atoms with van der Waals surface area (Å²) in [4.78, 5) is 28.0. The lowest BCUT2D eigenvalue weighted by molar-refractivity contribution is -0.127.